The number of piperidine rings is 1. The molecule has 0 aliphatic carbocycles. The summed E-state index contributed by atoms with van der Waals surface area (Å²) in [6, 6.07) is 4.52. The zero-order valence-corrected chi connectivity index (χ0v) is 12.5. The van der Waals surface area contributed by atoms with Crippen LogP contribution in [0.15, 0.2) is 18.2 Å². The summed E-state index contributed by atoms with van der Waals surface area (Å²) in [4.78, 5) is 2.11. The summed E-state index contributed by atoms with van der Waals surface area (Å²) in [5.41, 5.74) is 0.649. The third-order valence-electron chi connectivity index (χ3n) is 4.40. The Morgan fingerprint density at radius 2 is 1.85 bits per heavy atom. The van der Waals surface area contributed by atoms with Gasteiger partial charge in [-0.15, -0.1) is 0 Å². The number of anilines is 1. The maximum absolute atomic E-state index is 13.4. The van der Waals surface area contributed by atoms with Crippen molar-refractivity contribution >= 4 is 5.69 Å². The van der Waals surface area contributed by atoms with Gasteiger partial charge in [0.25, 0.3) is 0 Å². The van der Waals surface area contributed by atoms with Crippen LogP contribution < -0.4 is 10.2 Å². The predicted octanol–water partition coefficient (Wildman–Crippen LogP) is 3.57. The highest BCUT2D eigenvalue weighted by molar-refractivity contribution is 5.48. The van der Waals surface area contributed by atoms with Gasteiger partial charge >= 0.3 is 0 Å². The number of halogens is 2. The van der Waals surface area contributed by atoms with Crippen LogP contribution in [-0.4, -0.2) is 25.2 Å². The normalized spacial score (nSPS) is 26.9. The fourth-order valence-corrected chi connectivity index (χ4v) is 3.05. The molecule has 1 heterocycles. The lowest BCUT2D eigenvalue weighted by Crippen LogP contribution is -2.53. The van der Waals surface area contributed by atoms with Gasteiger partial charge in [0.05, 0.1) is 0 Å². The number of hydrogen-bond acceptors (Lipinski definition) is 2. The molecule has 1 fully saturated rings. The quantitative estimate of drug-likeness (QED) is 0.908. The average Bonchev–Trinajstić information content (AvgIpc) is 2.39. The summed E-state index contributed by atoms with van der Waals surface area (Å²) < 4.78 is 26.7. The van der Waals surface area contributed by atoms with Crippen LogP contribution in [0.3, 0.4) is 0 Å². The zero-order chi connectivity index (χ0) is 14.7. The molecule has 0 amide bonds. The number of benzene rings is 1. The topological polar surface area (TPSA) is 15.3 Å². The minimum atomic E-state index is -0.508. The van der Waals surface area contributed by atoms with Crippen molar-refractivity contribution in [3.05, 3.63) is 29.8 Å². The van der Waals surface area contributed by atoms with Crippen LogP contribution >= 0.6 is 0 Å². The summed E-state index contributed by atoms with van der Waals surface area (Å²) in [5, 5.41) is 3.57. The molecule has 0 saturated carbocycles. The fraction of sp³-hybridized carbons (Fsp3) is 0.625. The maximum Gasteiger partial charge on any atom is 0.128 e. The van der Waals surface area contributed by atoms with E-state index in [0.29, 0.717) is 17.6 Å². The molecule has 2 nitrogen and oxygen atoms in total. The smallest absolute Gasteiger partial charge is 0.128 e. The van der Waals surface area contributed by atoms with Gasteiger partial charge in [-0.05, 0) is 44.4 Å². The first kappa shape index (κ1) is 15.2. The second kappa shape index (κ2) is 6.53. The third-order valence-corrected chi connectivity index (χ3v) is 4.40. The molecular weight excluding hydrogens is 258 g/mol. The number of nitrogens with zero attached hydrogens (tertiary/aromatic N) is 1. The first-order chi connectivity index (χ1) is 9.52. The van der Waals surface area contributed by atoms with E-state index in [-0.39, 0.29) is 6.04 Å². The predicted molar refractivity (Wildman–Crippen MR) is 79.0 cm³/mol. The van der Waals surface area contributed by atoms with Gasteiger partial charge in [-0.1, -0.05) is 13.8 Å². The lowest BCUT2D eigenvalue weighted by molar-refractivity contribution is 0.271. The van der Waals surface area contributed by atoms with E-state index in [1.807, 2.05) is 0 Å². The standard InChI is InChI=1S/C16H24F2N2/c1-4-6-19-16-5-7-20(12(3)11(16)2)15-9-13(17)8-14(18)10-15/h8-12,16,19H,4-7H2,1-3H3. The van der Waals surface area contributed by atoms with Gasteiger partial charge in [-0.2, -0.15) is 0 Å². The number of hydrogen-bond donors (Lipinski definition) is 1. The largest absolute Gasteiger partial charge is 0.368 e. The number of rotatable bonds is 4. The first-order valence-electron chi connectivity index (χ1n) is 7.49. The van der Waals surface area contributed by atoms with E-state index < -0.39 is 11.6 Å². The van der Waals surface area contributed by atoms with Crippen molar-refractivity contribution in [3.8, 4) is 0 Å². The van der Waals surface area contributed by atoms with Crippen molar-refractivity contribution in [2.45, 2.75) is 45.7 Å². The lowest BCUT2D eigenvalue weighted by atomic mass is 9.86. The molecule has 2 rings (SSSR count). The van der Waals surface area contributed by atoms with E-state index in [0.717, 1.165) is 32.0 Å². The summed E-state index contributed by atoms with van der Waals surface area (Å²) in [6.07, 6.45) is 2.13. The molecule has 1 aromatic rings. The van der Waals surface area contributed by atoms with Gasteiger partial charge in [0.1, 0.15) is 11.6 Å². The Morgan fingerprint density at radius 3 is 2.45 bits per heavy atom. The van der Waals surface area contributed by atoms with E-state index in [9.17, 15) is 8.78 Å². The van der Waals surface area contributed by atoms with Crippen LogP contribution in [0.2, 0.25) is 0 Å². The molecule has 3 unspecified atom stereocenters. The zero-order valence-electron chi connectivity index (χ0n) is 12.5. The highest BCUT2D eigenvalue weighted by atomic mass is 19.1. The molecule has 3 atom stereocenters. The van der Waals surface area contributed by atoms with Crippen molar-refractivity contribution in [2.75, 3.05) is 18.0 Å². The van der Waals surface area contributed by atoms with E-state index in [4.69, 9.17) is 0 Å². The van der Waals surface area contributed by atoms with Crippen LogP contribution in [0.1, 0.15) is 33.6 Å². The molecular formula is C16H24F2N2. The molecule has 1 aliphatic heterocycles. The van der Waals surface area contributed by atoms with Crippen molar-refractivity contribution < 1.29 is 8.78 Å². The highest BCUT2D eigenvalue weighted by Crippen LogP contribution is 2.29. The van der Waals surface area contributed by atoms with Crippen LogP contribution in [0, 0.1) is 17.6 Å². The summed E-state index contributed by atoms with van der Waals surface area (Å²) in [6.45, 7) is 8.35. The van der Waals surface area contributed by atoms with Gasteiger partial charge in [0.2, 0.25) is 0 Å². The third kappa shape index (κ3) is 3.29. The van der Waals surface area contributed by atoms with Crippen molar-refractivity contribution in [2.24, 2.45) is 5.92 Å². The van der Waals surface area contributed by atoms with Gasteiger partial charge in [0, 0.05) is 30.4 Å². The molecule has 0 radical (unpaired) electrons. The molecule has 4 heteroatoms. The van der Waals surface area contributed by atoms with Gasteiger partial charge in [0.15, 0.2) is 0 Å². The second-order valence-electron chi connectivity index (χ2n) is 5.77. The van der Waals surface area contributed by atoms with E-state index in [1.165, 1.54) is 12.1 Å². The Morgan fingerprint density at radius 1 is 1.20 bits per heavy atom. The van der Waals surface area contributed by atoms with Crippen LogP contribution in [-0.2, 0) is 0 Å². The Balaban J connectivity index is 2.11. The molecule has 0 bridgehead atoms. The minimum absolute atomic E-state index is 0.263. The number of nitrogens with one attached hydrogen (secondary N) is 1. The van der Waals surface area contributed by atoms with Crippen LogP contribution in [0.5, 0.6) is 0 Å². The maximum atomic E-state index is 13.4. The van der Waals surface area contributed by atoms with E-state index >= 15 is 0 Å². The van der Waals surface area contributed by atoms with Crippen molar-refractivity contribution in [3.63, 3.8) is 0 Å². The van der Waals surface area contributed by atoms with E-state index in [2.05, 4.69) is 31.0 Å². The summed E-state index contributed by atoms with van der Waals surface area (Å²) in [7, 11) is 0. The monoisotopic (exact) mass is 282 g/mol. The molecule has 0 aromatic heterocycles. The molecule has 0 spiro atoms. The van der Waals surface area contributed by atoms with Gasteiger partial charge in [-0.3, -0.25) is 0 Å². The molecule has 1 aliphatic rings. The van der Waals surface area contributed by atoms with Crippen molar-refractivity contribution in [1.29, 1.82) is 0 Å². The fourth-order valence-electron chi connectivity index (χ4n) is 3.05. The van der Waals surface area contributed by atoms with Crippen molar-refractivity contribution in [1.82, 2.24) is 5.32 Å². The Bertz CT molecular complexity index is 430. The average molecular weight is 282 g/mol. The lowest BCUT2D eigenvalue weighted by Gasteiger charge is -2.44. The van der Waals surface area contributed by atoms with Crippen LogP contribution in [0.25, 0.3) is 0 Å². The second-order valence-corrected chi connectivity index (χ2v) is 5.77. The SMILES string of the molecule is CCCNC1CCN(c2cc(F)cc(F)c2)C(C)C1C. The summed E-state index contributed by atoms with van der Waals surface area (Å²) >= 11 is 0. The van der Waals surface area contributed by atoms with Gasteiger partial charge in [-0.25, -0.2) is 8.78 Å². The van der Waals surface area contributed by atoms with Gasteiger partial charge < -0.3 is 10.2 Å². The molecule has 1 aromatic carbocycles. The Labute approximate surface area is 120 Å². The van der Waals surface area contributed by atoms with E-state index in [1.54, 1.807) is 0 Å². The molecule has 1 saturated heterocycles. The molecule has 112 valence electrons. The summed E-state index contributed by atoms with van der Waals surface area (Å²) in [5.74, 6) is -0.571. The Hall–Kier alpha value is -1.16. The Kier molecular flexibility index (Phi) is 4.97. The highest BCUT2D eigenvalue weighted by Gasteiger charge is 2.32. The van der Waals surface area contributed by atoms with Crippen LogP contribution in [0.4, 0.5) is 14.5 Å². The first-order valence-corrected chi connectivity index (χ1v) is 7.49. The minimum Gasteiger partial charge on any atom is -0.368 e. The molecule has 20 heavy (non-hydrogen) atoms. The molecule has 1 N–H and O–H groups in total.